The van der Waals surface area contributed by atoms with Gasteiger partial charge < -0.3 is 20.5 Å². The quantitative estimate of drug-likeness (QED) is 0.207. The number of halogens is 1. The van der Waals surface area contributed by atoms with Crippen LogP contribution in [0.15, 0.2) is 59.6 Å². The van der Waals surface area contributed by atoms with E-state index in [9.17, 15) is 5.11 Å². The number of nitrogens with one attached hydrogen (secondary N) is 2. The summed E-state index contributed by atoms with van der Waals surface area (Å²) in [4.78, 5) is 5.65. The van der Waals surface area contributed by atoms with Crippen molar-refractivity contribution >= 4 is 51.4 Å². The van der Waals surface area contributed by atoms with Gasteiger partial charge in [-0.2, -0.15) is 0 Å². The molecule has 3 N–H and O–H groups in total. The van der Waals surface area contributed by atoms with Gasteiger partial charge in [-0.25, -0.2) is 4.99 Å². The van der Waals surface area contributed by atoms with E-state index in [4.69, 9.17) is 9.73 Å². The third-order valence-corrected chi connectivity index (χ3v) is 5.79. The summed E-state index contributed by atoms with van der Waals surface area (Å²) in [6, 6.07) is 18.4. The molecule has 1 aromatic heterocycles. The van der Waals surface area contributed by atoms with Crippen LogP contribution in [0.5, 0.6) is 0 Å². The molecule has 1 heterocycles. The van der Waals surface area contributed by atoms with Crippen molar-refractivity contribution in [1.29, 1.82) is 0 Å². The zero-order valence-corrected chi connectivity index (χ0v) is 20.6. The van der Waals surface area contributed by atoms with Crippen molar-refractivity contribution in [3.8, 4) is 0 Å². The molecule has 3 rings (SSSR count). The fraction of sp³-hybridized carbons (Fsp3) is 0.348. The van der Waals surface area contributed by atoms with Gasteiger partial charge in [0.15, 0.2) is 5.96 Å². The lowest BCUT2D eigenvalue weighted by Crippen LogP contribution is -2.39. The van der Waals surface area contributed by atoms with Crippen molar-refractivity contribution in [2.45, 2.75) is 33.1 Å². The number of aliphatic hydroxyl groups excluding tert-OH is 1. The van der Waals surface area contributed by atoms with Crippen molar-refractivity contribution in [2.24, 2.45) is 4.99 Å². The summed E-state index contributed by atoms with van der Waals surface area (Å²) in [7, 11) is 0. The molecule has 0 aliphatic heterocycles. The largest absolute Gasteiger partial charge is 0.386 e. The first kappa shape index (κ1) is 24.6. The maximum absolute atomic E-state index is 10.6. The predicted octanol–water partition coefficient (Wildman–Crippen LogP) is 4.84. The topological polar surface area (TPSA) is 65.9 Å². The molecule has 1 atom stereocenters. The summed E-state index contributed by atoms with van der Waals surface area (Å²) in [5.74, 6) is 0.693. The minimum Gasteiger partial charge on any atom is -0.386 e. The van der Waals surface area contributed by atoms with Crippen LogP contribution >= 0.6 is 35.3 Å². The Morgan fingerprint density at radius 3 is 2.53 bits per heavy atom. The highest BCUT2D eigenvalue weighted by Crippen LogP contribution is 2.29. The lowest BCUT2D eigenvalue weighted by Gasteiger charge is -2.15. The third kappa shape index (κ3) is 6.94. The van der Waals surface area contributed by atoms with Gasteiger partial charge in [-0.3, -0.25) is 0 Å². The van der Waals surface area contributed by atoms with Gasteiger partial charge in [-0.15, -0.1) is 35.3 Å². The molecule has 0 saturated heterocycles. The van der Waals surface area contributed by atoms with Crippen LogP contribution in [-0.4, -0.2) is 30.8 Å². The second-order valence-corrected chi connectivity index (χ2v) is 7.80. The Morgan fingerprint density at radius 1 is 1.07 bits per heavy atom. The normalized spacial score (nSPS) is 12.4. The van der Waals surface area contributed by atoms with E-state index >= 15 is 0 Å². The van der Waals surface area contributed by atoms with Gasteiger partial charge in [-0.1, -0.05) is 42.5 Å². The van der Waals surface area contributed by atoms with Gasteiger partial charge >= 0.3 is 0 Å². The monoisotopic (exact) mass is 539 g/mol. The second-order valence-electron chi connectivity index (χ2n) is 6.68. The molecule has 0 spiro atoms. The number of aliphatic hydroxyl groups is 1. The first-order valence-corrected chi connectivity index (χ1v) is 10.9. The second kappa shape index (κ2) is 12.9. The van der Waals surface area contributed by atoms with Crippen LogP contribution in [0.3, 0.4) is 0 Å². The van der Waals surface area contributed by atoms with Gasteiger partial charge in [-0.05, 0) is 42.5 Å². The SMILES string of the molecule is CCNC(=NCc1ccccc1COCC)NCC(O)c1cc2ccccc2s1.I. The number of thiophene rings is 1. The molecule has 0 fully saturated rings. The Balaban J connectivity index is 0.00000320. The van der Waals surface area contributed by atoms with Crippen LogP contribution in [-0.2, 0) is 17.9 Å². The molecular weight excluding hydrogens is 509 g/mol. The average molecular weight is 539 g/mol. The first-order chi connectivity index (χ1) is 14.2. The van der Waals surface area contributed by atoms with Gasteiger partial charge in [0.1, 0.15) is 6.10 Å². The lowest BCUT2D eigenvalue weighted by molar-refractivity contribution is 0.133. The molecule has 5 nitrogen and oxygen atoms in total. The van der Waals surface area contributed by atoms with Gasteiger partial charge in [0.05, 0.1) is 13.2 Å². The fourth-order valence-corrected chi connectivity index (χ4v) is 4.08. The zero-order valence-electron chi connectivity index (χ0n) is 17.4. The molecule has 0 radical (unpaired) electrons. The first-order valence-electron chi connectivity index (χ1n) is 10.0. The molecule has 0 saturated carbocycles. The van der Waals surface area contributed by atoms with Crippen molar-refractivity contribution < 1.29 is 9.84 Å². The Labute approximate surface area is 199 Å². The minimum atomic E-state index is -0.582. The fourth-order valence-electron chi connectivity index (χ4n) is 3.03. The zero-order chi connectivity index (χ0) is 20.5. The highest BCUT2D eigenvalue weighted by molar-refractivity contribution is 14.0. The summed E-state index contributed by atoms with van der Waals surface area (Å²) in [5.41, 5.74) is 2.29. The molecule has 1 unspecified atom stereocenters. The minimum absolute atomic E-state index is 0. The maximum atomic E-state index is 10.6. The summed E-state index contributed by atoms with van der Waals surface area (Å²) in [5, 5.41) is 18.3. The van der Waals surface area contributed by atoms with Crippen LogP contribution in [0.4, 0.5) is 0 Å². The van der Waals surface area contributed by atoms with Crippen LogP contribution in [0.25, 0.3) is 10.1 Å². The molecule has 2 aromatic carbocycles. The Kier molecular flexibility index (Phi) is 10.6. The van der Waals surface area contributed by atoms with E-state index in [0.717, 1.165) is 27.9 Å². The predicted molar refractivity (Wildman–Crippen MR) is 137 cm³/mol. The third-order valence-electron chi connectivity index (χ3n) is 4.57. The molecule has 3 aromatic rings. The number of benzene rings is 2. The number of rotatable bonds is 9. The number of hydrogen-bond acceptors (Lipinski definition) is 4. The number of aliphatic imine (C=N–C) groups is 1. The van der Waals surface area contributed by atoms with E-state index in [1.165, 1.54) is 4.70 Å². The number of hydrogen-bond donors (Lipinski definition) is 3. The Hall–Kier alpha value is -1.68. The van der Waals surface area contributed by atoms with Gasteiger partial charge in [0.25, 0.3) is 0 Å². The molecular formula is C23H30IN3O2S. The average Bonchev–Trinajstić information content (AvgIpc) is 3.19. The van der Waals surface area contributed by atoms with Crippen molar-refractivity contribution in [2.75, 3.05) is 19.7 Å². The Morgan fingerprint density at radius 2 is 1.80 bits per heavy atom. The summed E-state index contributed by atoms with van der Waals surface area (Å²) in [6.45, 7) is 7.02. The van der Waals surface area contributed by atoms with Crippen LogP contribution in [0, 0.1) is 0 Å². The van der Waals surface area contributed by atoms with Gasteiger partial charge in [0.2, 0.25) is 0 Å². The number of nitrogens with zero attached hydrogens (tertiary/aromatic N) is 1. The van der Waals surface area contributed by atoms with E-state index in [2.05, 4.69) is 41.0 Å². The molecule has 0 aliphatic carbocycles. The van der Waals surface area contributed by atoms with E-state index in [1.54, 1.807) is 11.3 Å². The molecule has 0 aliphatic rings. The molecule has 0 amide bonds. The van der Waals surface area contributed by atoms with E-state index in [1.807, 2.05) is 38.1 Å². The van der Waals surface area contributed by atoms with Crippen LogP contribution in [0.2, 0.25) is 0 Å². The number of fused-ring (bicyclic) bond motifs is 1. The van der Waals surface area contributed by atoms with Crippen LogP contribution < -0.4 is 10.6 Å². The molecule has 0 bridgehead atoms. The number of guanidine groups is 1. The van der Waals surface area contributed by atoms with Gasteiger partial charge in [0, 0.05) is 29.3 Å². The number of ether oxygens (including phenoxy) is 1. The smallest absolute Gasteiger partial charge is 0.191 e. The highest BCUT2D eigenvalue weighted by atomic mass is 127. The van der Waals surface area contributed by atoms with E-state index < -0.39 is 6.10 Å². The van der Waals surface area contributed by atoms with Crippen molar-refractivity contribution in [3.63, 3.8) is 0 Å². The summed E-state index contributed by atoms with van der Waals surface area (Å²) < 4.78 is 6.74. The summed E-state index contributed by atoms with van der Waals surface area (Å²) in [6.07, 6.45) is -0.582. The Bertz CT molecular complexity index is 912. The van der Waals surface area contributed by atoms with Crippen molar-refractivity contribution in [3.05, 3.63) is 70.6 Å². The molecule has 30 heavy (non-hydrogen) atoms. The standard InChI is InChI=1S/C23H29N3O2S.HI/c1-3-24-23(25-14-18-10-5-6-11-19(18)16-28-4-2)26-15-20(27)22-13-17-9-7-8-12-21(17)29-22;/h5-13,20,27H,3-4,14-16H2,1-2H3,(H2,24,25,26);1H. The van der Waals surface area contributed by atoms with Crippen molar-refractivity contribution in [1.82, 2.24) is 10.6 Å². The molecule has 7 heteroatoms. The van der Waals surface area contributed by atoms with E-state index in [0.29, 0.717) is 32.3 Å². The lowest BCUT2D eigenvalue weighted by atomic mass is 10.1. The maximum Gasteiger partial charge on any atom is 0.191 e. The van der Waals surface area contributed by atoms with E-state index in [-0.39, 0.29) is 24.0 Å². The highest BCUT2D eigenvalue weighted by Gasteiger charge is 2.12. The van der Waals surface area contributed by atoms with Crippen LogP contribution in [0.1, 0.15) is 36.0 Å². The summed E-state index contributed by atoms with van der Waals surface area (Å²) >= 11 is 1.63. The molecule has 162 valence electrons.